The van der Waals surface area contributed by atoms with Crippen LogP contribution in [0.25, 0.3) is 0 Å². The normalized spacial score (nSPS) is 10.2. The van der Waals surface area contributed by atoms with Gasteiger partial charge in [-0.05, 0) is 29.8 Å². The summed E-state index contributed by atoms with van der Waals surface area (Å²) in [5.74, 6) is -0.308. The van der Waals surface area contributed by atoms with Crippen LogP contribution < -0.4 is 5.73 Å². The van der Waals surface area contributed by atoms with Crippen molar-refractivity contribution in [2.75, 3.05) is 5.73 Å². The van der Waals surface area contributed by atoms with Crippen molar-refractivity contribution < 1.29 is 9.53 Å². The number of ether oxygens (including phenoxy) is 1. The van der Waals surface area contributed by atoms with E-state index in [1.165, 1.54) is 6.20 Å². The fraction of sp³-hybridized carbons (Fsp3) is 0.143. The van der Waals surface area contributed by atoms with Crippen LogP contribution in [-0.4, -0.2) is 11.0 Å². The zero-order valence-corrected chi connectivity index (χ0v) is 11.8. The monoisotopic (exact) mass is 320 g/mol. The lowest BCUT2D eigenvalue weighted by Crippen LogP contribution is -2.09. The Hall–Kier alpha value is -1.88. The van der Waals surface area contributed by atoms with Crippen LogP contribution in [0.15, 0.2) is 47.1 Å². The molecule has 0 atom stereocenters. The van der Waals surface area contributed by atoms with Crippen molar-refractivity contribution in [3.63, 3.8) is 0 Å². The van der Waals surface area contributed by atoms with Gasteiger partial charge in [0.25, 0.3) is 0 Å². The summed E-state index contributed by atoms with van der Waals surface area (Å²) in [7, 11) is 0. The minimum Gasteiger partial charge on any atom is -0.461 e. The summed E-state index contributed by atoms with van der Waals surface area (Å²) in [6, 6.07) is 11.1. The van der Waals surface area contributed by atoms with Gasteiger partial charge < -0.3 is 10.5 Å². The maximum atomic E-state index is 11.7. The maximum Gasteiger partial charge on any atom is 0.312 e. The number of anilines is 1. The molecular weight excluding hydrogens is 308 g/mol. The molecule has 1 aromatic heterocycles. The second kappa shape index (κ2) is 6.33. The van der Waals surface area contributed by atoms with Crippen molar-refractivity contribution in [3.05, 3.63) is 58.3 Å². The second-order valence-corrected chi connectivity index (χ2v) is 4.97. The number of esters is 1. The largest absolute Gasteiger partial charge is 0.461 e. The predicted octanol–water partition coefficient (Wildman–Crippen LogP) is 2.71. The van der Waals surface area contributed by atoms with Crippen LogP contribution in [0.1, 0.15) is 11.3 Å². The molecule has 1 aromatic carbocycles. The van der Waals surface area contributed by atoms with Crippen molar-refractivity contribution in [1.82, 2.24) is 4.98 Å². The van der Waals surface area contributed by atoms with E-state index in [4.69, 9.17) is 10.5 Å². The molecule has 0 aliphatic rings. The number of benzene rings is 1. The van der Waals surface area contributed by atoms with E-state index in [0.717, 1.165) is 10.0 Å². The van der Waals surface area contributed by atoms with Gasteiger partial charge in [0.15, 0.2) is 0 Å². The van der Waals surface area contributed by atoms with Gasteiger partial charge in [0.2, 0.25) is 0 Å². The molecule has 0 aliphatic heterocycles. The highest BCUT2D eigenvalue weighted by molar-refractivity contribution is 9.10. The number of pyridine rings is 1. The molecular formula is C14H13BrN2O2. The number of carbonyl (C=O) groups is 1. The molecule has 5 heteroatoms. The molecule has 98 valence electrons. The molecule has 2 aromatic rings. The molecule has 2 rings (SSSR count). The number of rotatable bonds is 4. The summed E-state index contributed by atoms with van der Waals surface area (Å²) in [6.45, 7) is 0.257. The predicted molar refractivity (Wildman–Crippen MR) is 76.3 cm³/mol. The van der Waals surface area contributed by atoms with E-state index in [1.54, 1.807) is 12.1 Å². The summed E-state index contributed by atoms with van der Waals surface area (Å²) in [6.07, 6.45) is 1.67. The van der Waals surface area contributed by atoms with Crippen LogP contribution in [0.4, 0.5) is 5.69 Å². The fourth-order valence-corrected chi connectivity index (χ4v) is 1.98. The van der Waals surface area contributed by atoms with E-state index in [1.807, 2.05) is 24.3 Å². The van der Waals surface area contributed by atoms with Gasteiger partial charge in [-0.3, -0.25) is 9.78 Å². The number of nitrogens with zero attached hydrogens (tertiary/aromatic N) is 1. The summed E-state index contributed by atoms with van der Waals surface area (Å²) in [5.41, 5.74) is 7.68. The zero-order chi connectivity index (χ0) is 13.7. The van der Waals surface area contributed by atoms with E-state index in [2.05, 4.69) is 20.9 Å². The van der Waals surface area contributed by atoms with Crippen LogP contribution in [-0.2, 0) is 22.6 Å². The topological polar surface area (TPSA) is 65.2 Å². The number of nitrogen functional groups attached to an aromatic ring is 1. The second-order valence-electron chi connectivity index (χ2n) is 4.05. The smallest absolute Gasteiger partial charge is 0.312 e. The molecule has 0 amide bonds. The highest BCUT2D eigenvalue weighted by Crippen LogP contribution is 2.12. The molecule has 0 aliphatic carbocycles. The summed E-state index contributed by atoms with van der Waals surface area (Å²) in [5, 5.41) is 0. The van der Waals surface area contributed by atoms with Gasteiger partial charge in [-0.25, -0.2) is 0 Å². The lowest BCUT2D eigenvalue weighted by Gasteiger charge is -2.05. The Morgan fingerprint density at radius 3 is 2.84 bits per heavy atom. The first-order valence-corrected chi connectivity index (χ1v) is 6.53. The third kappa shape index (κ3) is 4.37. The fourth-order valence-electron chi connectivity index (χ4n) is 1.53. The van der Waals surface area contributed by atoms with Crippen molar-refractivity contribution in [3.8, 4) is 0 Å². The van der Waals surface area contributed by atoms with Crippen molar-refractivity contribution in [2.24, 2.45) is 0 Å². The first-order valence-electron chi connectivity index (χ1n) is 5.74. The Morgan fingerprint density at radius 1 is 1.32 bits per heavy atom. The number of hydrogen-bond donors (Lipinski definition) is 1. The Kier molecular flexibility index (Phi) is 4.52. The van der Waals surface area contributed by atoms with Crippen LogP contribution >= 0.6 is 15.9 Å². The molecule has 1 heterocycles. The van der Waals surface area contributed by atoms with Crippen LogP contribution in [0, 0.1) is 0 Å². The van der Waals surface area contributed by atoms with Gasteiger partial charge in [0.1, 0.15) is 6.61 Å². The third-order valence-corrected chi connectivity index (χ3v) is 2.96. The highest BCUT2D eigenvalue weighted by Gasteiger charge is 2.06. The summed E-state index contributed by atoms with van der Waals surface area (Å²) in [4.78, 5) is 15.7. The highest BCUT2D eigenvalue weighted by atomic mass is 79.9. The number of aromatic nitrogens is 1. The first-order chi connectivity index (χ1) is 9.13. The number of hydrogen-bond acceptors (Lipinski definition) is 4. The Balaban J connectivity index is 1.86. The molecule has 2 N–H and O–H groups in total. The number of halogens is 1. The summed E-state index contributed by atoms with van der Waals surface area (Å²) < 4.78 is 6.15. The van der Waals surface area contributed by atoms with Gasteiger partial charge in [-0.1, -0.05) is 28.1 Å². The average molecular weight is 321 g/mol. The summed E-state index contributed by atoms with van der Waals surface area (Å²) >= 11 is 3.37. The molecule has 0 saturated carbocycles. The van der Waals surface area contributed by atoms with Crippen molar-refractivity contribution in [2.45, 2.75) is 13.0 Å². The van der Waals surface area contributed by atoms with Gasteiger partial charge in [0.05, 0.1) is 24.0 Å². The molecule has 0 bridgehead atoms. The average Bonchev–Trinajstić information content (AvgIpc) is 2.39. The molecule has 19 heavy (non-hydrogen) atoms. The van der Waals surface area contributed by atoms with Crippen LogP contribution in [0.2, 0.25) is 0 Å². The van der Waals surface area contributed by atoms with Crippen LogP contribution in [0.3, 0.4) is 0 Å². The minimum absolute atomic E-state index is 0.147. The molecule has 0 unspecified atom stereocenters. The van der Waals surface area contributed by atoms with Crippen LogP contribution in [0.5, 0.6) is 0 Å². The van der Waals surface area contributed by atoms with Crippen molar-refractivity contribution in [1.29, 1.82) is 0 Å². The third-order valence-electron chi connectivity index (χ3n) is 2.46. The molecule has 0 saturated heterocycles. The minimum atomic E-state index is -0.308. The van der Waals surface area contributed by atoms with E-state index >= 15 is 0 Å². The van der Waals surface area contributed by atoms with Gasteiger partial charge >= 0.3 is 5.97 Å². The first kappa shape index (κ1) is 13.5. The molecule has 0 radical (unpaired) electrons. The van der Waals surface area contributed by atoms with Crippen molar-refractivity contribution >= 4 is 27.6 Å². The Bertz CT molecular complexity index is 570. The quantitative estimate of drug-likeness (QED) is 0.880. The van der Waals surface area contributed by atoms with E-state index in [-0.39, 0.29) is 19.0 Å². The molecule has 4 nitrogen and oxygen atoms in total. The SMILES string of the molecule is Nc1ccc(CC(=O)OCc2cccc(Br)c2)nc1. The van der Waals surface area contributed by atoms with Gasteiger partial charge in [-0.15, -0.1) is 0 Å². The Labute approximate surface area is 119 Å². The van der Waals surface area contributed by atoms with Gasteiger partial charge in [-0.2, -0.15) is 0 Å². The van der Waals surface area contributed by atoms with E-state index < -0.39 is 0 Å². The Morgan fingerprint density at radius 2 is 2.16 bits per heavy atom. The standard InChI is InChI=1S/C14H13BrN2O2/c15-11-3-1-2-10(6-11)9-19-14(18)7-13-5-4-12(16)8-17-13/h1-6,8H,7,9,16H2. The molecule has 0 fully saturated rings. The lowest BCUT2D eigenvalue weighted by atomic mass is 10.2. The lowest BCUT2D eigenvalue weighted by molar-refractivity contribution is -0.144. The zero-order valence-electron chi connectivity index (χ0n) is 10.2. The van der Waals surface area contributed by atoms with E-state index in [9.17, 15) is 4.79 Å². The maximum absolute atomic E-state index is 11.7. The van der Waals surface area contributed by atoms with E-state index in [0.29, 0.717) is 11.4 Å². The number of nitrogens with two attached hydrogens (primary N) is 1. The molecule has 0 spiro atoms. The number of carbonyl (C=O) groups excluding carboxylic acids is 1. The van der Waals surface area contributed by atoms with Gasteiger partial charge in [0, 0.05) is 4.47 Å².